The van der Waals surface area contributed by atoms with Gasteiger partial charge < -0.3 is 4.74 Å². The highest BCUT2D eigenvalue weighted by molar-refractivity contribution is 5.81. The lowest BCUT2D eigenvalue weighted by Crippen LogP contribution is -2.21. The Morgan fingerprint density at radius 1 is 1.21 bits per heavy atom. The Kier molecular flexibility index (Phi) is 4.35. The van der Waals surface area contributed by atoms with Gasteiger partial charge in [0.15, 0.2) is 0 Å². The molecule has 0 aliphatic heterocycles. The molecular formula is C20H18N2O2. The fourth-order valence-corrected chi connectivity index (χ4v) is 2.60. The average Bonchev–Trinajstić information content (AvgIpc) is 2.60. The van der Waals surface area contributed by atoms with E-state index in [1.165, 1.54) is 5.56 Å². The van der Waals surface area contributed by atoms with Crippen molar-refractivity contribution >= 4 is 10.9 Å². The van der Waals surface area contributed by atoms with Gasteiger partial charge in [0.25, 0.3) is 0 Å². The topological polar surface area (TPSA) is 44.1 Å². The van der Waals surface area contributed by atoms with Crippen LogP contribution < -0.4 is 10.4 Å². The highest BCUT2D eigenvalue weighted by Crippen LogP contribution is 2.22. The molecule has 120 valence electrons. The zero-order valence-corrected chi connectivity index (χ0v) is 13.7. The predicted molar refractivity (Wildman–Crippen MR) is 95.8 cm³/mol. The van der Waals surface area contributed by atoms with Crippen molar-refractivity contribution in [3.05, 3.63) is 64.7 Å². The smallest absolute Gasteiger partial charge is 0.352 e. The van der Waals surface area contributed by atoms with Crippen LogP contribution in [0.2, 0.25) is 0 Å². The van der Waals surface area contributed by atoms with Gasteiger partial charge in [0.05, 0.1) is 11.2 Å². The summed E-state index contributed by atoms with van der Waals surface area (Å²) in [5, 5.41) is 0.817. The average molecular weight is 318 g/mol. The number of hydrogen-bond donors (Lipinski definition) is 0. The monoisotopic (exact) mass is 318 g/mol. The number of benzene rings is 2. The van der Waals surface area contributed by atoms with Gasteiger partial charge in [0.2, 0.25) is 0 Å². The van der Waals surface area contributed by atoms with E-state index in [0.29, 0.717) is 11.7 Å². The van der Waals surface area contributed by atoms with Gasteiger partial charge in [-0.05, 0) is 41.8 Å². The third-order valence-corrected chi connectivity index (χ3v) is 3.89. The molecule has 0 fully saturated rings. The minimum absolute atomic E-state index is 0.204. The summed E-state index contributed by atoms with van der Waals surface area (Å²) in [6, 6.07) is 13.4. The van der Waals surface area contributed by atoms with Crippen molar-refractivity contribution < 1.29 is 4.74 Å². The number of ether oxygens (including phenoxy) is 1. The van der Waals surface area contributed by atoms with Crippen molar-refractivity contribution in [3.8, 4) is 23.8 Å². The zero-order valence-electron chi connectivity index (χ0n) is 13.7. The molecule has 1 heterocycles. The van der Waals surface area contributed by atoms with Crippen LogP contribution in [0.5, 0.6) is 5.75 Å². The molecule has 0 amide bonds. The Morgan fingerprint density at radius 3 is 2.62 bits per heavy atom. The molecule has 3 aromatic rings. The molecule has 24 heavy (non-hydrogen) atoms. The third kappa shape index (κ3) is 3.02. The summed E-state index contributed by atoms with van der Waals surface area (Å²) in [5.41, 5.74) is 2.49. The Balaban J connectivity index is 2.11. The van der Waals surface area contributed by atoms with Gasteiger partial charge in [-0.1, -0.05) is 31.9 Å². The maximum absolute atomic E-state index is 12.3. The molecule has 0 aliphatic carbocycles. The highest BCUT2D eigenvalue weighted by Gasteiger charge is 2.08. The molecule has 0 N–H and O–H groups in total. The first kappa shape index (κ1) is 15.8. The normalized spacial score (nSPS) is 10.8. The van der Waals surface area contributed by atoms with Gasteiger partial charge in [0.1, 0.15) is 12.4 Å². The van der Waals surface area contributed by atoms with Crippen LogP contribution >= 0.6 is 0 Å². The van der Waals surface area contributed by atoms with Gasteiger partial charge in [-0.15, -0.1) is 6.42 Å². The number of aromatic nitrogens is 2. The Hall–Kier alpha value is -3.06. The second-order valence-corrected chi connectivity index (χ2v) is 5.84. The first-order valence-corrected chi connectivity index (χ1v) is 7.78. The molecule has 0 bridgehead atoms. The van der Waals surface area contributed by atoms with Gasteiger partial charge in [0, 0.05) is 11.6 Å². The largest absolute Gasteiger partial charge is 0.481 e. The molecule has 2 aromatic carbocycles. The van der Waals surface area contributed by atoms with Crippen LogP contribution in [0.4, 0.5) is 0 Å². The van der Waals surface area contributed by atoms with Crippen LogP contribution in [0, 0.1) is 12.3 Å². The minimum atomic E-state index is -0.308. The van der Waals surface area contributed by atoms with E-state index < -0.39 is 0 Å². The number of nitrogens with zero attached hydrogens (tertiary/aromatic N) is 2. The standard InChI is InChI=1S/C20H18N2O2/c1-4-11-24-18-9-10-19-16(12-18)13-21-20(23)22(19)17-7-5-15(6-8-17)14(2)3/h1,5-10,12-14H,11H2,2-3H3. The molecule has 0 unspecified atom stereocenters. The molecule has 0 atom stereocenters. The number of rotatable bonds is 4. The van der Waals surface area contributed by atoms with Crippen molar-refractivity contribution in [2.24, 2.45) is 0 Å². The molecule has 1 aromatic heterocycles. The SMILES string of the molecule is C#CCOc1ccc2c(cnc(=O)n2-c2ccc(C(C)C)cc2)c1. The van der Waals surface area contributed by atoms with E-state index in [2.05, 4.69) is 24.8 Å². The Morgan fingerprint density at radius 2 is 1.96 bits per heavy atom. The predicted octanol–water partition coefficient (Wildman–Crippen LogP) is 3.52. The van der Waals surface area contributed by atoms with Crippen LogP contribution in [-0.2, 0) is 0 Å². The maximum atomic E-state index is 12.3. The summed E-state index contributed by atoms with van der Waals surface area (Å²) in [6.07, 6.45) is 6.76. The first-order valence-electron chi connectivity index (χ1n) is 7.78. The molecule has 4 nitrogen and oxygen atoms in total. The second kappa shape index (κ2) is 6.59. The summed E-state index contributed by atoms with van der Waals surface area (Å²) < 4.78 is 7.03. The first-order chi connectivity index (χ1) is 11.6. The summed E-state index contributed by atoms with van der Waals surface area (Å²) in [5.74, 6) is 3.53. The highest BCUT2D eigenvalue weighted by atomic mass is 16.5. The van der Waals surface area contributed by atoms with E-state index in [-0.39, 0.29) is 12.3 Å². The summed E-state index contributed by atoms with van der Waals surface area (Å²) in [4.78, 5) is 16.3. The van der Waals surface area contributed by atoms with Crippen molar-refractivity contribution in [2.45, 2.75) is 19.8 Å². The molecule has 3 rings (SSSR count). The summed E-state index contributed by atoms with van der Waals surface area (Å²) >= 11 is 0. The number of hydrogen-bond acceptors (Lipinski definition) is 3. The van der Waals surface area contributed by atoms with Crippen LogP contribution in [0.3, 0.4) is 0 Å². The van der Waals surface area contributed by atoms with Crippen LogP contribution in [0.1, 0.15) is 25.3 Å². The molecular weight excluding hydrogens is 300 g/mol. The van der Waals surface area contributed by atoms with E-state index in [9.17, 15) is 4.79 Å². The van der Waals surface area contributed by atoms with Gasteiger partial charge >= 0.3 is 5.69 Å². The van der Waals surface area contributed by atoms with Crippen molar-refractivity contribution in [3.63, 3.8) is 0 Å². The van der Waals surface area contributed by atoms with Gasteiger partial charge in [-0.25, -0.2) is 9.78 Å². The van der Waals surface area contributed by atoms with Crippen molar-refractivity contribution in [1.82, 2.24) is 9.55 Å². The molecule has 0 saturated carbocycles. The van der Waals surface area contributed by atoms with E-state index in [1.54, 1.807) is 16.8 Å². The lowest BCUT2D eigenvalue weighted by molar-refractivity contribution is 0.371. The Labute approximate surface area is 140 Å². The van der Waals surface area contributed by atoms with E-state index in [1.807, 2.05) is 36.4 Å². The van der Waals surface area contributed by atoms with Crippen molar-refractivity contribution in [2.75, 3.05) is 6.61 Å². The lowest BCUT2D eigenvalue weighted by atomic mass is 10.0. The second-order valence-electron chi connectivity index (χ2n) is 5.84. The van der Waals surface area contributed by atoms with Gasteiger partial charge in [-0.3, -0.25) is 4.57 Å². The number of fused-ring (bicyclic) bond motifs is 1. The maximum Gasteiger partial charge on any atom is 0.352 e. The zero-order chi connectivity index (χ0) is 17.1. The van der Waals surface area contributed by atoms with Crippen LogP contribution in [0.25, 0.3) is 16.6 Å². The Bertz CT molecular complexity index is 964. The lowest BCUT2D eigenvalue weighted by Gasteiger charge is -2.12. The summed E-state index contributed by atoms with van der Waals surface area (Å²) in [7, 11) is 0. The third-order valence-electron chi connectivity index (χ3n) is 3.89. The molecule has 4 heteroatoms. The quantitative estimate of drug-likeness (QED) is 0.691. The molecule has 0 aliphatic rings. The molecule has 0 spiro atoms. The van der Waals surface area contributed by atoms with E-state index in [4.69, 9.17) is 11.2 Å². The van der Waals surface area contributed by atoms with Crippen molar-refractivity contribution in [1.29, 1.82) is 0 Å². The number of terminal acetylenes is 1. The molecule has 0 saturated heterocycles. The fourth-order valence-electron chi connectivity index (χ4n) is 2.60. The minimum Gasteiger partial charge on any atom is -0.481 e. The van der Waals surface area contributed by atoms with Crippen LogP contribution in [0.15, 0.2) is 53.5 Å². The van der Waals surface area contributed by atoms with E-state index in [0.717, 1.165) is 16.6 Å². The fraction of sp³-hybridized carbons (Fsp3) is 0.200. The van der Waals surface area contributed by atoms with E-state index >= 15 is 0 Å². The summed E-state index contributed by atoms with van der Waals surface area (Å²) in [6.45, 7) is 4.48. The van der Waals surface area contributed by atoms with Crippen LogP contribution in [-0.4, -0.2) is 16.2 Å². The molecule has 0 radical (unpaired) electrons. The van der Waals surface area contributed by atoms with Gasteiger partial charge in [-0.2, -0.15) is 0 Å².